The summed E-state index contributed by atoms with van der Waals surface area (Å²) in [5.74, 6) is -0.293. The summed E-state index contributed by atoms with van der Waals surface area (Å²) in [5.41, 5.74) is 2.10. The number of nitrogens with one attached hydrogen (secondary N) is 1. The third-order valence-corrected chi connectivity index (χ3v) is 3.70. The fourth-order valence-electron chi connectivity index (χ4n) is 2.31. The van der Waals surface area contributed by atoms with Gasteiger partial charge in [0.15, 0.2) is 0 Å². The molecular weight excluding hydrogens is 426 g/mol. The molecule has 2 rings (SSSR count). The summed E-state index contributed by atoms with van der Waals surface area (Å²) in [5, 5.41) is 2.61. The molecule has 0 saturated heterocycles. The van der Waals surface area contributed by atoms with E-state index in [-0.39, 0.29) is 25.6 Å². The molecule has 184 valence electrons. The predicted molar refractivity (Wildman–Crippen MR) is 143 cm³/mol. The van der Waals surface area contributed by atoms with Crippen LogP contribution in [0.15, 0.2) is 72.8 Å². The SMILES string of the molecule is C#C.CC.CC.O=C(CCCNC(=O)OC/C=C/c1ccccc1)OC/C=C/c1ccccc1. The first kappa shape index (κ1) is 32.4. The molecule has 34 heavy (non-hydrogen) atoms. The van der Waals surface area contributed by atoms with Gasteiger partial charge in [0, 0.05) is 13.0 Å². The Kier molecular flexibility index (Phi) is 24.3. The molecule has 0 atom stereocenters. The molecule has 0 bridgehead atoms. The first-order chi connectivity index (χ1) is 16.7. The van der Waals surface area contributed by atoms with E-state index in [1.54, 1.807) is 12.2 Å². The second-order valence-corrected chi connectivity index (χ2v) is 5.94. The van der Waals surface area contributed by atoms with Crippen molar-refractivity contribution < 1.29 is 19.1 Å². The van der Waals surface area contributed by atoms with E-state index in [1.807, 2.05) is 101 Å². The highest BCUT2D eigenvalue weighted by Crippen LogP contribution is 2.02. The number of esters is 1. The zero-order valence-corrected chi connectivity index (χ0v) is 20.9. The smallest absolute Gasteiger partial charge is 0.407 e. The molecule has 5 heteroatoms. The number of hydrogen-bond acceptors (Lipinski definition) is 4. The predicted octanol–water partition coefficient (Wildman–Crippen LogP) is 6.76. The fourth-order valence-corrected chi connectivity index (χ4v) is 2.31. The van der Waals surface area contributed by atoms with Crippen molar-refractivity contribution in [2.24, 2.45) is 0 Å². The van der Waals surface area contributed by atoms with Gasteiger partial charge in [0.25, 0.3) is 0 Å². The van der Waals surface area contributed by atoms with Crippen LogP contribution in [0, 0.1) is 12.8 Å². The zero-order chi connectivity index (χ0) is 25.9. The van der Waals surface area contributed by atoms with Gasteiger partial charge in [-0.1, -0.05) is 101 Å². The molecule has 0 aliphatic carbocycles. The third-order valence-electron chi connectivity index (χ3n) is 3.70. The van der Waals surface area contributed by atoms with Gasteiger partial charge in [0.05, 0.1) is 0 Å². The summed E-state index contributed by atoms with van der Waals surface area (Å²) in [4.78, 5) is 23.2. The van der Waals surface area contributed by atoms with Gasteiger partial charge in [0.1, 0.15) is 13.2 Å². The Balaban J connectivity index is 0. The maximum absolute atomic E-state index is 11.6. The molecule has 1 N–H and O–H groups in total. The van der Waals surface area contributed by atoms with Crippen LogP contribution in [0.4, 0.5) is 4.79 Å². The van der Waals surface area contributed by atoms with Crippen molar-refractivity contribution in [3.63, 3.8) is 0 Å². The lowest BCUT2D eigenvalue weighted by atomic mass is 10.2. The van der Waals surface area contributed by atoms with Crippen LogP contribution in [0.2, 0.25) is 0 Å². The van der Waals surface area contributed by atoms with Crippen LogP contribution in [0.25, 0.3) is 12.2 Å². The average molecular weight is 466 g/mol. The Labute approximate surface area is 205 Å². The van der Waals surface area contributed by atoms with Crippen LogP contribution in [0.1, 0.15) is 51.7 Å². The normalized spacial score (nSPS) is 9.35. The Morgan fingerprint density at radius 1 is 0.765 bits per heavy atom. The second kappa shape index (κ2) is 25.5. The minimum atomic E-state index is -0.503. The van der Waals surface area contributed by atoms with E-state index in [1.165, 1.54) is 0 Å². The third kappa shape index (κ3) is 18.9. The zero-order valence-electron chi connectivity index (χ0n) is 20.9. The molecule has 0 unspecified atom stereocenters. The van der Waals surface area contributed by atoms with Crippen molar-refractivity contribution in [1.82, 2.24) is 5.32 Å². The van der Waals surface area contributed by atoms with Gasteiger partial charge in [-0.2, -0.15) is 0 Å². The highest BCUT2D eigenvalue weighted by Gasteiger charge is 2.03. The average Bonchev–Trinajstić information content (AvgIpc) is 2.92. The number of terminal acetylenes is 1. The Bertz CT molecular complexity index is 744. The van der Waals surface area contributed by atoms with Crippen molar-refractivity contribution in [3.8, 4) is 12.8 Å². The maximum Gasteiger partial charge on any atom is 0.407 e. The lowest BCUT2D eigenvalue weighted by Crippen LogP contribution is -2.25. The van der Waals surface area contributed by atoms with Crippen LogP contribution in [-0.2, 0) is 14.3 Å². The number of alkyl carbamates (subject to hydrolysis) is 1. The van der Waals surface area contributed by atoms with Crippen molar-refractivity contribution in [2.75, 3.05) is 19.8 Å². The summed E-state index contributed by atoms with van der Waals surface area (Å²) in [6.45, 7) is 8.78. The van der Waals surface area contributed by atoms with Crippen molar-refractivity contribution in [2.45, 2.75) is 40.5 Å². The van der Waals surface area contributed by atoms with Crippen molar-refractivity contribution in [1.29, 1.82) is 0 Å². The number of benzene rings is 2. The molecule has 0 aromatic heterocycles. The van der Waals surface area contributed by atoms with Crippen LogP contribution in [0.3, 0.4) is 0 Å². The minimum absolute atomic E-state index is 0.191. The number of ether oxygens (including phenoxy) is 2. The quantitative estimate of drug-likeness (QED) is 0.239. The first-order valence-electron chi connectivity index (χ1n) is 11.6. The molecular formula is C29H39NO4. The topological polar surface area (TPSA) is 64.6 Å². The number of amides is 1. The minimum Gasteiger partial charge on any atom is -0.461 e. The summed E-state index contributed by atoms with van der Waals surface area (Å²) in [6.07, 6.45) is 15.6. The maximum atomic E-state index is 11.6. The Hall–Kier alpha value is -3.78. The van der Waals surface area contributed by atoms with Crippen molar-refractivity contribution >= 4 is 24.2 Å². The van der Waals surface area contributed by atoms with E-state index in [0.717, 1.165) is 11.1 Å². The van der Waals surface area contributed by atoms with Gasteiger partial charge in [-0.3, -0.25) is 4.79 Å². The van der Waals surface area contributed by atoms with E-state index >= 15 is 0 Å². The van der Waals surface area contributed by atoms with E-state index in [2.05, 4.69) is 18.2 Å². The van der Waals surface area contributed by atoms with Crippen LogP contribution >= 0.6 is 0 Å². The first-order valence-corrected chi connectivity index (χ1v) is 11.6. The molecule has 0 heterocycles. The molecule has 0 spiro atoms. The summed E-state index contributed by atoms with van der Waals surface area (Å²) in [7, 11) is 0. The number of rotatable bonds is 10. The molecule has 1 amide bonds. The fraction of sp³-hybridized carbons (Fsp3) is 0.310. The molecule has 2 aromatic carbocycles. The van der Waals surface area contributed by atoms with E-state index in [4.69, 9.17) is 9.47 Å². The van der Waals surface area contributed by atoms with Gasteiger partial charge in [-0.15, -0.1) is 12.8 Å². The molecule has 5 nitrogen and oxygen atoms in total. The van der Waals surface area contributed by atoms with Gasteiger partial charge >= 0.3 is 12.1 Å². The molecule has 0 aliphatic rings. The number of hydrogen-bond donors (Lipinski definition) is 1. The summed E-state index contributed by atoms with van der Waals surface area (Å²) in [6, 6.07) is 19.5. The molecule has 0 saturated carbocycles. The number of carbonyl (C=O) groups excluding carboxylic acids is 2. The Morgan fingerprint density at radius 2 is 1.21 bits per heavy atom. The number of carbonyl (C=O) groups is 2. The van der Waals surface area contributed by atoms with E-state index in [9.17, 15) is 9.59 Å². The lowest BCUT2D eigenvalue weighted by Gasteiger charge is -2.05. The lowest BCUT2D eigenvalue weighted by molar-refractivity contribution is -0.142. The molecule has 2 aromatic rings. The highest BCUT2D eigenvalue weighted by atomic mass is 16.5. The van der Waals surface area contributed by atoms with E-state index < -0.39 is 6.09 Å². The molecule has 0 aliphatic heterocycles. The standard InChI is InChI=1S/C23H25NO4.2C2H6.C2H2/c25-22(27-18-8-14-20-10-3-1-4-11-20)16-7-17-24-23(26)28-19-9-15-21-12-5-2-6-13-21;3*1-2/h1-6,8-15H,7,16-19H2,(H,24,26);2*1-2H3;1-2H/b14-8+,15-9+;;;. The Morgan fingerprint density at radius 3 is 1.68 bits per heavy atom. The molecule has 0 fully saturated rings. The molecule has 0 radical (unpaired) electrons. The monoisotopic (exact) mass is 465 g/mol. The van der Waals surface area contributed by atoms with Crippen molar-refractivity contribution in [3.05, 3.63) is 83.9 Å². The van der Waals surface area contributed by atoms with Crippen LogP contribution in [-0.4, -0.2) is 31.8 Å². The van der Waals surface area contributed by atoms with Gasteiger partial charge < -0.3 is 14.8 Å². The van der Waals surface area contributed by atoms with E-state index in [0.29, 0.717) is 13.0 Å². The highest BCUT2D eigenvalue weighted by molar-refractivity contribution is 5.70. The second-order valence-electron chi connectivity index (χ2n) is 5.94. The van der Waals surface area contributed by atoms with Gasteiger partial charge in [0.2, 0.25) is 0 Å². The van der Waals surface area contributed by atoms with Crippen LogP contribution in [0.5, 0.6) is 0 Å². The van der Waals surface area contributed by atoms with Gasteiger partial charge in [-0.05, 0) is 29.7 Å². The summed E-state index contributed by atoms with van der Waals surface area (Å²) < 4.78 is 10.1. The summed E-state index contributed by atoms with van der Waals surface area (Å²) >= 11 is 0. The van der Waals surface area contributed by atoms with Gasteiger partial charge in [-0.25, -0.2) is 4.79 Å². The largest absolute Gasteiger partial charge is 0.461 e. The van der Waals surface area contributed by atoms with Crippen LogP contribution < -0.4 is 5.32 Å².